The van der Waals surface area contributed by atoms with Crippen LogP contribution in [0.4, 0.5) is 0 Å². The Morgan fingerprint density at radius 3 is 2.71 bits per heavy atom. The van der Waals surface area contributed by atoms with E-state index in [-0.39, 0.29) is 11.9 Å². The van der Waals surface area contributed by atoms with Gasteiger partial charge in [0.25, 0.3) is 0 Å². The zero-order chi connectivity index (χ0) is 10.4. The molecule has 1 heterocycles. The fourth-order valence-electron chi connectivity index (χ4n) is 1.85. The highest BCUT2D eigenvalue weighted by Gasteiger charge is 2.21. The van der Waals surface area contributed by atoms with Crippen LogP contribution in [0.1, 0.15) is 39.5 Å². The molecule has 0 aromatic heterocycles. The Labute approximate surface area is 86.6 Å². The van der Waals surface area contributed by atoms with Crippen molar-refractivity contribution in [2.45, 2.75) is 45.6 Å². The summed E-state index contributed by atoms with van der Waals surface area (Å²) in [5.74, 6) is 0.828. The molecule has 82 valence electrons. The van der Waals surface area contributed by atoms with Gasteiger partial charge in [-0.05, 0) is 25.3 Å². The number of hydrogen-bond acceptors (Lipinski definition) is 2. The number of hydrogen-bond donors (Lipinski definition) is 2. The van der Waals surface area contributed by atoms with Crippen molar-refractivity contribution in [3.63, 3.8) is 0 Å². The molecule has 1 aliphatic rings. The third kappa shape index (κ3) is 3.29. The fraction of sp³-hybridized carbons (Fsp3) is 0.909. The van der Waals surface area contributed by atoms with Crippen molar-refractivity contribution in [3.05, 3.63) is 0 Å². The summed E-state index contributed by atoms with van der Waals surface area (Å²) in [6.45, 7) is 6.18. The molecule has 1 atom stereocenters. The van der Waals surface area contributed by atoms with Crippen LogP contribution in [0.2, 0.25) is 0 Å². The minimum Gasteiger partial charge on any atom is -0.354 e. The fourth-order valence-corrected chi connectivity index (χ4v) is 1.85. The van der Waals surface area contributed by atoms with Gasteiger partial charge in [0.15, 0.2) is 0 Å². The van der Waals surface area contributed by atoms with E-state index >= 15 is 0 Å². The third-order valence-electron chi connectivity index (χ3n) is 3.10. The van der Waals surface area contributed by atoms with Gasteiger partial charge in [-0.15, -0.1) is 0 Å². The topological polar surface area (TPSA) is 41.1 Å². The smallest absolute Gasteiger partial charge is 0.237 e. The monoisotopic (exact) mass is 198 g/mol. The van der Waals surface area contributed by atoms with Gasteiger partial charge in [-0.2, -0.15) is 0 Å². The standard InChI is InChI=1S/C11H22N2O/c1-3-9(4-2)8-13-11(14)10-6-5-7-12-10/h9-10,12H,3-8H2,1-2H3,(H,13,14)/t10-/m0/s1. The minimum atomic E-state index is 0.0735. The first-order chi connectivity index (χ1) is 6.77. The quantitative estimate of drug-likeness (QED) is 0.699. The number of amides is 1. The van der Waals surface area contributed by atoms with Crippen LogP contribution in [0, 0.1) is 5.92 Å². The highest BCUT2D eigenvalue weighted by Crippen LogP contribution is 2.07. The predicted molar refractivity (Wildman–Crippen MR) is 58.1 cm³/mol. The van der Waals surface area contributed by atoms with Crippen LogP contribution in [0.5, 0.6) is 0 Å². The van der Waals surface area contributed by atoms with Crippen molar-refractivity contribution in [1.29, 1.82) is 0 Å². The molecule has 1 rings (SSSR count). The van der Waals surface area contributed by atoms with Gasteiger partial charge in [0, 0.05) is 6.54 Å². The predicted octanol–water partition coefficient (Wildman–Crippen LogP) is 1.29. The number of carbonyl (C=O) groups excluding carboxylic acids is 1. The van der Waals surface area contributed by atoms with Crippen molar-refractivity contribution in [3.8, 4) is 0 Å². The summed E-state index contributed by atoms with van der Waals surface area (Å²) < 4.78 is 0. The Morgan fingerprint density at radius 1 is 1.50 bits per heavy atom. The van der Waals surface area contributed by atoms with Crippen molar-refractivity contribution in [1.82, 2.24) is 10.6 Å². The van der Waals surface area contributed by atoms with E-state index in [1.54, 1.807) is 0 Å². The second-order valence-electron chi connectivity index (χ2n) is 4.08. The molecule has 0 bridgehead atoms. The number of nitrogens with one attached hydrogen (secondary N) is 2. The molecule has 0 spiro atoms. The lowest BCUT2D eigenvalue weighted by Gasteiger charge is -2.15. The van der Waals surface area contributed by atoms with E-state index in [4.69, 9.17) is 0 Å². The average Bonchev–Trinajstić information content (AvgIpc) is 2.72. The van der Waals surface area contributed by atoms with Gasteiger partial charge in [-0.1, -0.05) is 26.7 Å². The van der Waals surface area contributed by atoms with Gasteiger partial charge in [0.05, 0.1) is 6.04 Å². The first-order valence-electron chi connectivity index (χ1n) is 5.79. The first kappa shape index (κ1) is 11.5. The Hall–Kier alpha value is -0.570. The molecular formula is C11H22N2O. The molecule has 0 radical (unpaired) electrons. The molecule has 1 saturated heterocycles. The molecule has 1 aliphatic heterocycles. The molecule has 1 fully saturated rings. The molecule has 0 aromatic carbocycles. The van der Waals surface area contributed by atoms with E-state index in [9.17, 15) is 4.79 Å². The molecular weight excluding hydrogens is 176 g/mol. The number of carbonyl (C=O) groups is 1. The van der Waals surface area contributed by atoms with Crippen molar-refractivity contribution >= 4 is 5.91 Å². The largest absolute Gasteiger partial charge is 0.354 e. The summed E-state index contributed by atoms with van der Waals surface area (Å²) in [4.78, 5) is 11.6. The van der Waals surface area contributed by atoms with E-state index in [2.05, 4.69) is 24.5 Å². The molecule has 2 N–H and O–H groups in total. The van der Waals surface area contributed by atoms with Gasteiger partial charge in [0.2, 0.25) is 5.91 Å². The average molecular weight is 198 g/mol. The van der Waals surface area contributed by atoms with Crippen LogP contribution in [0.3, 0.4) is 0 Å². The maximum atomic E-state index is 11.6. The van der Waals surface area contributed by atoms with Gasteiger partial charge in [0.1, 0.15) is 0 Å². The molecule has 1 amide bonds. The zero-order valence-electron chi connectivity index (χ0n) is 9.31. The van der Waals surface area contributed by atoms with E-state index in [1.807, 2.05) is 0 Å². The second kappa shape index (κ2) is 6.02. The van der Waals surface area contributed by atoms with Crippen LogP contribution in [-0.4, -0.2) is 25.0 Å². The summed E-state index contributed by atoms with van der Waals surface area (Å²) in [6.07, 6.45) is 4.42. The second-order valence-corrected chi connectivity index (χ2v) is 4.08. The van der Waals surface area contributed by atoms with Crippen LogP contribution in [0.25, 0.3) is 0 Å². The van der Waals surface area contributed by atoms with Gasteiger partial charge in [-0.3, -0.25) is 4.79 Å². The third-order valence-corrected chi connectivity index (χ3v) is 3.10. The highest BCUT2D eigenvalue weighted by atomic mass is 16.2. The van der Waals surface area contributed by atoms with Gasteiger partial charge < -0.3 is 10.6 Å². The van der Waals surface area contributed by atoms with Crippen molar-refractivity contribution < 1.29 is 4.79 Å². The van der Waals surface area contributed by atoms with Crippen LogP contribution >= 0.6 is 0 Å². The molecule has 14 heavy (non-hydrogen) atoms. The van der Waals surface area contributed by atoms with Crippen molar-refractivity contribution in [2.75, 3.05) is 13.1 Å². The van der Waals surface area contributed by atoms with Crippen LogP contribution < -0.4 is 10.6 Å². The minimum absolute atomic E-state index is 0.0735. The Morgan fingerprint density at radius 2 is 2.21 bits per heavy atom. The lowest BCUT2D eigenvalue weighted by molar-refractivity contribution is -0.122. The Bertz CT molecular complexity index is 172. The summed E-state index contributed by atoms with van der Waals surface area (Å²) in [5, 5.41) is 6.23. The molecule has 0 unspecified atom stereocenters. The zero-order valence-corrected chi connectivity index (χ0v) is 9.31. The number of rotatable bonds is 5. The van der Waals surface area contributed by atoms with Crippen molar-refractivity contribution in [2.24, 2.45) is 5.92 Å². The molecule has 0 aromatic rings. The summed E-state index contributed by atoms with van der Waals surface area (Å²) >= 11 is 0. The molecule has 3 heteroatoms. The van der Waals surface area contributed by atoms with E-state index in [0.717, 1.165) is 38.8 Å². The lowest BCUT2D eigenvalue weighted by atomic mass is 10.0. The Kier molecular flexibility index (Phi) is 4.94. The molecule has 0 saturated carbocycles. The van der Waals surface area contributed by atoms with E-state index in [0.29, 0.717) is 5.92 Å². The Balaban J connectivity index is 2.19. The maximum Gasteiger partial charge on any atom is 0.237 e. The van der Waals surface area contributed by atoms with Crippen LogP contribution in [-0.2, 0) is 4.79 Å². The maximum absolute atomic E-state index is 11.6. The summed E-state index contributed by atoms with van der Waals surface area (Å²) in [7, 11) is 0. The summed E-state index contributed by atoms with van der Waals surface area (Å²) in [6, 6.07) is 0.0735. The van der Waals surface area contributed by atoms with E-state index < -0.39 is 0 Å². The highest BCUT2D eigenvalue weighted by molar-refractivity contribution is 5.81. The SMILES string of the molecule is CCC(CC)CNC(=O)[C@@H]1CCCN1. The van der Waals surface area contributed by atoms with Gasteiger partial charge >= 0.3 is 0 Å². The van der Waals surface area contributed by atoms with Gasteiger partial charge in [-0.25, -0.2) is 0 Å². The normalized spacial score (nSPS) is 21.5. The lowest BCUT2D eigenvalue weighted by Crippen LogP contribution is -2.42. The summed E-state index contributed by atoms with van der Waals surface area (Å²) in [5.41, 5.74) is 0. The first-order valence-corrected chi connectivity index (χ1v) is 5.79. The van der Waals surface area contributed by atoms with Crippen LogP contribution in [0.15, 0.2) is 0 Å². The molecule has 0 aliphatic carbocycles. The molecule has 3 nitrogen and oxygen atoms in total. The van der Waals surface area contributed by atoms with E-state index in [1.165, 1.54) is 0 Å².